The number of amides is 3. The van der Waals surface area contributed by atoms with Crippen LogP contribution < -0.4 is 20.4 Å². The molecule has 0 saturated heterocycles. The minimum absolute atomic E-state index is 0.116. The van der Waals surface area contributed by atoms with E-state index < -0.39 is 29.6 Å². The molecule has 208 valence electrons. The van der Waals surface area contributed by atoms with Crippen molar-refractivity contribution in [3.8, 4) is 0 Å². The summed E-state index contributed by atoms with van der Waals surface area (Å²) in [6.07, 6.45) is 0.116. The molecule has 1 aliphatic heterocycles. The smallest absolute Gasteiger partial charge is 0.326 e. The monoisotopic (exact) mass is 560 g/mol. The number of para-hydroxylation sites is 3. The Bertz CT molecular complexity index is 1410. The van der Waals surface area contributed by atoms with Gasteiger partial charge in [0.2, 0.25) is 0 Å². The average Bonchev–Trinajstić information content (AvgIpc) is 2.99. The van der Waals surface area contributed by atoms with Crippen LogP contribution in [0.15, 0.2) is 78.9 Å². The third kappa shape index (κ3) is 7.41. The first-order valence-corrected chi connectivity index (χ1v) is 13.3. The van der Waals surface area contributed by atoms with E-state index in [1.165, 1.54) is 4.90 Å². The predicted octanol–water partition coefficient (Wildman–Crippen LogP) is 4.70. The van der Waals surface area contributed by atoms with E-state index in [-0.39, 0.29) is 24.6 Å². The van der Waals surface area contributed by atoms with Crippen LogP contribution in [0.1, 0.15) is 26.3 Å². The van der Waals surface area contributed by atoms with Gasteiger partial charge in [0.25, 0.3) is 5.91 Å². The molecule has 2 N–H and O–H groups in total. The number of carbonyl (C=O) groups is 4. The second-order valence-electron chi connectivity index (χ2n) is 10.4. The van der Waals surface area contributed by atoms with Crippen LogP contribution in [0.25, 0.3) is 0 Å². The van der Waals surface area contributed by atoms with Crippen LogP contribution in [0, 0.1) is 0 Å². The quantitative estimate of drug-likeness (QED) is 0.286. The molecule has 40 heavy (non-hydrogen) atoms. The predicted molar refractivity (Wildman–Crippen MR) is 158 cm³/mol. The van der Waals surface area contributed by atoms with Gasteiger partial charge in [-0.25, -0.2) is 4.79 Å². The van der Waals surface area contributed by atoms with Crippen LogP contribution >= 0.6 is 12.6 Å². The van der Waals surface area contributed by atoms with Crippen molar-refractivity contribution in [3.63, 3.8) is 0 Å². The van der Waals surface area contributed by atoms with Crippen molar-refractivity contribution in [3.05, 3.63) is 84.4 Å². The van der Waals surface area contributed by atoms with Gasteiger partial charge in [0.15, 0.2) is 5.12 Å². The maximum absolute atomic E-state index is 14.0. The van der Waals surface area contributed by atoms with Gasteiger partial charge in [-0.05, 0) is 62.7 Å². The van der Waals surface area contributed by atoms with Crippen LogP contribution in [0.4, 0.5) is 27.5 Å². The number of esters is 1. The molecule has 0 spiro atoms. The van der Waals surface area contributed by atoms with Crippen molar-refractivity contribution in [1.82, 2.24) is 5.32 Å². The normalized spacial score (nSPS) is 15.1. The lowest BCUT2D eigenvalue weighted by Crippen LogP contribution is -2.53. The number of hydrogen-bond donors (Lipinski definition) is 3. The van der Waals surface area contributed by atoms with Crippen molar-refractivity contribution in [1.29, 1.82) is 0 Å². The number of thiol groups is 1. The molecule has 1 aliphatic rings. The van der Waals surface area contributed by atoms with E-state index in [0.29, 0.717) is 22.6 Å². The molecule has 0 aliphatic carbocycles. The van der Waals surface area contributed by atoms with E-state index in [0.717, 1.165) is 5.69 Å². The Balaban J connectivity index is 1.65. The molecule has 9 nitrogen and oxygen atoms in total. The molecule has 3 amide bonds. The van der Waals surface area contributed by atoms with Crippen molar-refractivity contribution in [2.45, 2.75) is 38.8 Å². The zero-order chi connectivity index (χ0) is 28.9. The highest BCUT2D eigenvalue weighted by atomic mass is 32.1. The molecule has 0 fully saturated rings. The molecule has 10 heteroatoms. The number of carbonyl (C=O) groups excluding carboxylic acids is 4. The number of rotatable bonds is 7. The number of nitrogens with zero attached hydrogens (tertiary/aromatic N) is 2. The lowest BCUT2D eigenvalue weighted by atomic mass is 10.1. The molecule has 1 heterocycles. The molecule has 0 radical (unpaired) electrons. The Morgan fingerprint density at radius 3 is 2.30 bits per heavy atom. The summed E-state index contributed by atoms with van der Waals surface area (Å²) in [6, 6.07) is 22.0. The van der Waals surface area contributed by atoms with Gasteiger partial charge in [0.05, 0.1) is 17.9 Å². The van der Waals surface area contributed by atoms with E-state index >= 15 is 0 Å². The summed E-state index contributed by atoms with van der Waals surface area (Å²) in [5.74, 6) is -1.02. The number of benzene rings is 3. The van der Waals surface area contributed by atoms with Crippen LogP contribution in [0.5, 0.6) is 0 Å². The van der Waals surface area contributed by atoms with Gasteiger partial charge in [-0.3, -0.25) is 19.3 Å². The Kier molecular flexibility index (Phi) is 8.79. The Hall–Kier alpha value is -4.31. The van der Waals surface area contributed by atoms with Gasteiger partial charge in [0, 0.05) is 17.8 Å². The molecule has 1 unspecified atom stereocenters. The number of ether oxygens (including phenoxy) is 1. The fourth-order valence-corrected chi connectivity index (χ4v) is 4.65. The second-order valence-corrected chi connectivity index (χ2v) is 10.9. The third-order valence-electron chi connectivity index (χ3n) is 6.01. The topological polar surface area (TPSA) is 108 Å². The van der Waals surface area contributed by atoms with Crippen molar-refractivity contribution in [2.24, 2.45) is 0 Å². The van der Waals surface area contributed by atoms with Crippen molar-refractivity contribution >= 4 is 58.4 Å². The summed E-state index contributed by atoms with van der Waals surface area (Å²) in [5, 5.41) is 5.23. The highest BCUT2D eigenvalue weighted by Crippen LogP contribution is 2.37. The Morgan fingerprint density at radius 1 is 0.950 bits per heavy atom. The van der Waals surface area contributed by atoms with Gasteiger partial charge in [0.1, 0.15) is 18.2 Å². The van der Waals surface area contributed by atoms with Gasteiger partial charge in [-0.15, -0.1) is 12.6 Å². The van der Waals surface area contributed by atoms with E-state index in [2.05, 4.69) is 23.3 Å². The first-order chi connectivity index (χ1) is 19.0. The maximum Gasteiger partial charge on any atom is 0.326 e. The minimum Gasteiger partial charge on any atom is -0.459 e. The fraction of sp³-hybridized carbons (Fsp3) is 0.267. The number of fused-ring (bicyclic) bond motifs is 1. The van der Waals surface area contributed by atoms with Crippen molar-refractivity contribution in [2.75, 3.05) is 28.2 Å². The molecule has 0 saturated carbocycles. The number of anilines is 4. The van der Waals surface area contributed by atoms with Gasteiger partial charge in [-0.2, -0.15) is 0 Å². The lowest BCUT2D eigenvalue weighted by Gasteiger charge is -2.27. The first-order valence-electron chi connectivity index (χ1n) is 12.8. The molecule has 3 aromatic carbocycles. The highest BCUT2D eigenvalue weighted by Gasteiger charge is 2.37. The summed E-state index contributed by atoms with van der Waals surface area (Å²) in [7, 11) is 0. The largest absolute Gasteiger partial charge is 0.459 e. The summed E-state index contributed by atoms with van der Waals surface area (Å²) >= 11 is 3.82. The molecule has 0 bridgehead atoms. The zero-order valence-corrected chi connectivity index (χ0v) is 23.5. The van der Waals surface area contributed by atoms with Crippen molar-refractivity contribution < 1.29 is 23.9 Å². The highest BCUT2D eigenvalue weighted by molar-refractivity contribution is 7.96. The molecule has 1 atom stereocenters. The lowest BCUT2D eigenvalue weighted by molar-refractivity contribution is -0.153. The van der Waals surface area contributed by atoms with E-state index in [1.807, 2.05) is 47.4 Å². The Labute approximate surface area is 238 Å². The number of urea groups is 1. The van der Waals surface area contributed by atoms with Crippen LogP contribution in [0.2, 0.25) is 0 Å². The molecular weight excluding hydrogens is 528 g/mol. The number of nitrogens with one attached hydrogen (secondary N) is 2. The first kappa shape index (κ1) is 28.7. The van der Waals surface area contributed by atoms with Gasteiger partial charge < -0.3 is 20.3 Å². The summed E-state index contributed by atoms with van der Waals surface area (Å²) in [4.78, 5) is 54.6. The minimum atomic E-state index is -1.02. The van der Waals surface area contributed by atoms with E-state index in [9.17, 15) is 19.2 Å². The van der Waals surface area contributed by atoms with Gasteiger partial charge in [-0.1, -0.05) is 42.5 Å². The third-order valence-corrected chi connectivity index (χ3v) is 6.17. The van der Waals surface area contributed by atoms with Gasteiger partial charge >= 0.3 is 12.0 Å². The second kappa shape index (κ2) is 12.3. The Morgan fingerprint density at radius 2 is 1.62 bits per heavy atom. The molecule has 4 rings (SSSR count). The average molecular weight is 561 g/mol. The van der Waals surface area contributed by atoms with E-state index in [4.69, 9.17) is 4.74 Å². The van der Waals surface area contributed by atoms with Crippen LogP contribution in [-0.4, -0.2) is 47.8 Å². The fourth-order valence-electron chi connectivity index (χ4n) is 4.47. The molecule has 3 aromatic rings. The number of hydrogen-bond acceptors (Lipinski definition) is 6. The maximum atomic E-state index is 14.0. The van der Waals surface area contributed by atoms with Crippen LogP contribution in [-0.2, 0) is 25.5 Å². The SMILES string of the molecule is CC(C)(C)OC(=O)CN1C(=O)C(NC(=O)Nc2cccc(CC(=O)S)c2)CN(c2ccccc2)c2ccccc21. The van der Waals surface area contributed by atoms with Crippen LogP contribution in [0.3, 0.4) is 0 Å². The zero-order valence-electron chi connectivity index (χ0n) is 22.6. The summed E-state index contributed by atoms with van der Waals surface area (Å²) < 4.78 is 5.51. The molecular formula is C30H32N4O5S. The summed E-state index contributed by atoms with van der Waals surface area (Å²) in [6.45, 7) is 5.07. The molecule has 0 aromatic heterocycles. The standard InChI is InChI=1S/C30H32N4O5S/c1-30(2,3)39-26(35)19-34-25-15-8-7-14-24(25)33(22-12-5-4-6-13-22)18-23(28(34)37)32-29(38)31-21-11-9-10-20(16-21)17-27(36)40/h4-16,23H,17-19H2,1-3H3,(H,36,40)(H2,31,32,38). The van der Waals surface area contributed by atoms with E-state index in [1.54, 1.807) is 57.2 Å². The summed E-state index contributed by atoms with van der Waals surface area (Å²) in [5.41, 5.74) is 2.47.